The van der Waals surface area contributed by atoms with Gasteiger partial charge in [-0.2, -0.15) is 0 Å². The summed E-state index contributed by atoms with van der Waals surface area (Å²) in [5.41, 5.74) is 6.62. The fourth-order valence-electron chi connectivity index (χ4n) is 4.94. The van der Waals surface area contributed by atoms with Gasteiger partial charge in [-0.15, -0.1) is 5.10 Å². The molecular formula is C27H32N8. The van der Waals surface area contributed by atoms with E-state index in [1.165, 1.54) is 31.5 Å². The summed E-state index contributed by atoms with van der Waals surface area (Å²) in [5.74, 6) is 0. The van der Waals surface area contributed by atoms with E-state index in [1.54, 1.807) is 0 Å². The maximum Gasteiger partial charge on any atom is 0.137 e. The average Bonchev–Trinajstić information content (AvgIpc) is 3.62. The molecule has 0 N–H and O–H groups in total. The number of fused-ring (bicyclic) bond motifs is 1. The highest BCUT2D eigenvalue weighted by Gasteiger charge is 2.25. The van der Waals surface area contributed by atoms with Gasteiger partial charge in [-0.3, -0.25) is 9.88 Å². The largest absolute Gasteiger partial charge is 0.363 e. The fourth-order valence-corrected chi connectivity index (χ4v) is 4.94. The van der Waals surface area contributed by atoms with Crippen LogP contribution in [0.4, 0.5) is 5.69 Å². The van der Waals surface area contributed by atoms with Gasteiger partial charge in [-0.1, -0.05) is 37.3 Å². The van der Waals surface area contributed by atoms with Crippen LogP contribution in [-0.4, -0.2) is 60.4 Å². The van der Waals surface area contributed by atoms with Gasteiger partial charge in [0.05, 0.1) is 30.3 Å². The molecule has 4 aromatic rings. The summed E-state index contributed by atoms with van der Waals surface area (Å²) < 4.78 is 3.98. The lowest BCUT2D eigenvalue weighted by Gasteiger charge is -2.36. The molecule has 0 aliphatic carbocycles. The Bertz CT molecular complexity index is 1350. The van der Waals surface area contributed by atoms with Crippen LogP contribution < -0.4 is 4.90 Å². The van der Waals surface area contributed by atoms with Crippen molar-refractivity contribution in [3.8, 4) is 11.3 Å². The highest BCUT2D eigenvalue weighted by molar-refractivity contribution is 5.63. The smallest absolute Gasteiger partial charge is 0.137 e. The fraction of sp³-hybridized carbons (Fsp3) is 0.407. The van der Waals surface area contributed by atoms with Crippen LogP contribution in [0.2, 0.25) is 0 Å². The topological polar surface area (TPSA) is 67.4 Å². The summed E-state index contributed by atoms with van der Waals surface area (Å²) in [5, 5.41) is 8.74. The molecule has 0 radical (unpaired) electrons. The molecule has 0 spiro atoms. The Kier molecular flexibility index (Phi) is 5.60. The van der Waals surface area contributed by atoms with Crippen LogP contribution in [0.1, 0.15) is 37.9 Å². The summed E-state index contributed by atoms with van der Waals surface area (Å²) in [6.07, 6.45) is 16.9. The van der Waals surface area contributed by atoms with Crippen LogP contribution >= 0.6 is 0 Å². The first-order valence-corrected chi connectivity index (χ1v) is 12.5. The number of nitrogens with zero attached hydrogens (tertiary/aromatic N) is 8. The molecule has 8 heteroatoms. The third kappa shape index (κ3) is 4.84. The monoisotopic (exact) mass is 468 g/mol. The number of hydrogen-bond acceptors (Lipinski definition) is 6. The Morgan fingerprint density at radius 1 is 0.943 bits per heavy atom. The number of piperidine rings is 1. The summed E-state index contributed by atoms with van der Waals surface area (Å²) in [4.78, 5) is 14.1. The molecule has 0 bridgehead atoms. The Hall–Kier alpha value is -3.52. The molecule has 35 heavy (non-hydrogen) atoms. The van der Waals surface area contributed by atoms with E-state index in [0.29, 0.717) is 12.0 Å². The molecule has 8 nitrogen and oxygen atoms in total. The number of likely N-dealkylation sites (tertiary alicyclic amines) is 1. The predicted octanol–water partition coefficient (Wildman–Crippen LogP) is 4.03. The van der Waals surface area contributed by atoms with E-state index in [1.807, 2.05) is 23.3 Å². The number of pyridine rings is 2. The van der Waals surface area contributed by atoms with Crippen molar-refractivity contribution in [2.75, 3.05) is 31.1 Å². The number of hydrogen-bond donors (Lipinski definition) is 0. The number of anilines is 1. The minimum atomic E-state index is 0.478. The zero-order valence-electron chi connectivity index (χ0n) is 20.5. The Morgan fingerprint density at radius 3 is 2.60 bits per heavy atom. The van der Waals surface area contributed by atoms with Crippen LogP contribution in [0, 0.1) is 5.41 Å². The summed E-state index contributed by atoms with van der Waals surface area (Å²) in [6, 6.07) is 6.45. The number of aromatic nitrogens is 6. The maximum atomic E-state index is 4.80. The lowest BCUT2D eigenvalue weighted by atomic mass is 9.82. The second-order valence-corrected chi connectivity index (χ2v) is 10.6. The van der Waals surface area contributed by atoms with Gasteiger partial charge in [0.25, 0.3) is 0 Å². The van der Waals surface area contributed by atoms with Gasteiger partial charge in [0.2, 0.25) is 0 Å². The van der Waals surface area contributed by atoms with E-state index in [4.69, 9.17) is 4.98 Å². The molecular weight excluding hydrogens is 436 g/mol. The first kappa shape index (κ1) is 22.0. The molecule has 0 unspecified atom stereocenters. The summed E-state index contributed by atoms with van der Waals surface area (Å²) >= 11 is 0. The second-order valence-electron chi connectivity index (χ2n) is 10.6. The van der Waals surface area contributed by atoms with Gasteiger partial charge in [-0.25, -0.2) is 9.67 Å². The standard InChI is InChI=1S/C27H32N8/c1-27(2)7-11-32(12-8-27)16-21-5-6-26-29-23(18-34(26)17-21)19-35-20-25(30-31-35)22-13-24(15-28-14-22)33-9-3-4-10-33/h3-6,13-15,17-18,20H,7-12,16,19H2,1-2H3. The van der Waals surface area contributed by atoms with Gasteiger partial charge < -0.3 is 9.30 Å². The van der Waals surface area contributed by atoms with Gasteiger partial charge >= 0.3 is 0 Å². The molecule has 2 aliphatic rings. The van der Waals surface area contributed by atoms with Crippen molar-refractivity contribution >= 4 is 11.3 Å². The molecule has 6 rings (SSSR count). The third-order valence-corrected chi connectivity index (χ3v) is 7.24. The van der Waals surface area contributed by atoms with Crippen LogP contribution in [0.15, 0.2) is 61.3 Å². The SMILES string of the molecule is CC1(C)CCN(Cc2ccc3nc(Cn4cc(-c5cncc(N6CC=CC6)c5)nn4)cn3c2)CC1. The first-order chi connectivity index (χ1) is 17.0. The second kappa shape index (κ2) is 8.92. The van der Waals surface area contributed by atoms with Crippen molar-refractivity contribution in [1.29, 1.82) is 0 Å². The lowest BCUT2D eigenvalue weighted by molar-refractivity contribution is 0.127. The predicted molar refractivity (Wildman–Crippen MR) is 137 cm³/mol. The Morgan fingerprint density at radius 2 is 1.77 bits per heavy atom. The Balaban J connectivity index is 1.14. The van der Waals surface area contributed by atoms with Crippen LogP contribution in [0.25, 0.3) is 16.9 Å². The van der Waals surface area contributed by atoms with Crippen molar-refractivity contribution in [3.05, 3.63) is 72.6 Å². The van der Waals surface area contributed by atoms with E-state index in [9.17, 15) is 0 Å². The normalized spacial score (nSPS) is 18.1. The van der Waals surface area contributed by atoms with Gasteiger partial charge in [0, 0.05) is 43.8 Å². The molecule has 180 valence electrons. The van der Waals surface area contributed by atoms with Crippen LogP contribution in [-0.2, 0) is 13.1 Å². The maximum absolute atomic E-state index is 4.80. The van der Waals surface area contributed by atoms with E-state index in [-0.39, 0.29) is 0 Å². The molecule has 0 aromatic carbocycles. The molecule has 0 atom stereocenters. The minimum Gasteiger partial charge on any atom is -0.363 e. The molecule has 6 heterocycles. The average molecular weight is 469 g/mol. The minimum absolute atomic E-state index is 0.478. The first-order valence-electron chi connectivity index (χ1n) is 12.5. The molecule has 1 saturated heterocycles. The van der Waals surface area contributed by atoms with E-state index >= 15 is 0 Å². The zero-order chi connectivity index (χ0) is 23.8. The molecule has 2 aliphatic heterocycles. The van der Waals surface area contributed by atoms with Gasteiger partial charge in [-0.05, 0) is 49.0 Å². The van der Waals surface area contributed by atoms with Crippen LogP contribution in [0.5, 0.6) is 0 Å². The van der Waals surface area contributed by atoms with Crippen molar-refractivity contribution in [2.24, 2.45) is 5.41 Å². The van der Waals surface area contributed by atoms with Gasteiger partial charge in [0.15, 0.2) is 0 Å². The van der Waals surface area contributed by atoms with Crippen molar-refractivity contribution in [2.45, 2.75) is 39.8 Å². The Labute approximate surface area is 205 Å². The van der Waals surface area contributed by atoms with Crippen molar-refractivity contribution in [1.82, 2.24) is 34.3 Å². The van der Waals surface area contributed by atoms with Crippen LogP contribution in [0.3, 0.4) is 0 Å². The molecule has 1 fully saturated rings. The molecule has 0 saturated carbocycles. The quantitative estimate of drug-likeness (QED) is 0.398. The number of imidazole rings is 1. The molecule has 4 aromatic heterocycles. The number of rotatable bonds is 6. The van der Waals surface area contributed by atoms with E-state index < -0.39 is 0 Å². The molecule has 0 amide bonds. The zero-order valence-corrected chi connectivity index (χ0v) is 20.5. The third-order valence-electron chi connectivity index (χ3n) is 7.24. The van der Waals surface area contributed by atoms with Gasteiger partial charge in [0.1, 0.15) is 11.3 Å². The summed E-state index contributed by atoms with van der Waals surface area (Å²) in [7, 11) is 0. The van der Waals surface area contributed by atoms with Crippen molar-refractivity contribution < 1.29 is 0 Å². The lowest BCUT2D eigenvalue weighted by Crippen LogP contribution is -2.36. The summed E-state index contributed by atoms with van der Waals surface area (Å²) in [6.45, 7) is 10.5. The van der Waals surface area contributed by atoms with Crippen molar-refractivity contribution in [3.63, 3.8) is 0 Å². The van der Waals surface area contributed by atoms with E-state index in [2.05, 4.69) is 86.1 Å². The highest BCUT2D eigenvalue weighted by atomic mass is 15.4. The van der Waals surface area contributed by atoms with E-state index in [0.717, 1.165) is 47.9 Å². The highest BCUT2D eigenvalue weighted by Crippen LogP contribution is 2.30.